The van der Waals surface area contributed by atoms with Crippen LogP contribution in [0.1, 0.15) is 66.2 Å². The van der Waals surface area contributed by atoms with Crippen molar-refractivity contribution < 1.29 is 0 Å². The molecule has 0 spiro atoms. The van der Waals surface area contributed by atoms with E-state index in [2.05, 4.69) is 37.9 Å². The second-order valence-corrected chi connectivity index (χ2v) is 7.02. The molecular formula is C17H34N2. The number of hydrogen-bond acceptors (Lipinski definition) is 2. The minimum atomic E-state index is 0.743. The van der Waals surface area contributed by atoms with Gasteiger partial charge in [0, 0.05) is 18.1 Å². The van der Waals surface area contributed by atoms with Crippen molar-refractivity contribution in [3.8, 4) is 0 Å². The van der Waals surface area contributed by atoms with Gasteiger partial charge in [0.2, 0.25) is 0 Å². The van der Waals surface area contributed by atoms with E-state index < -0.39 is 0 Å². The molecule has 2 aliphatic rings. The van der Waals surface area contributed by atoms with Crippen molar-refractivity contribution in [2.24, 2.45) is 11.8 Å². The molecule has 0 saturated heterocycles. The van der Waals surface area contributed by atoms with Gasteiger partial charge in [-0.3, -0.25) is 4.90 Å². The maximum Gasteiger partial charge on any atom is 0.0255 e. The fourth-order valence-corrected chi connectivity index (χ4v) is 3.93. The van der Waals surface area contributed by atoms with E-state index >= 15 is 0 Å². The fourth-order valence-electron chi connectivity index (χ4n) is 3.93. The molecule has 2 fully saturated rings. The molecular weight excluding hydrogens is 232 g/mol. The Hall–Kier alpha value is -0.0800. The highest BCUT2D eigenvalue weighted by molar-refractivity contribution is 4.97. The summed E-state index contributed by atoms with van der Waals surface area (Å²) in [6.07, 6.45) is 8.43. The molecule has 2 heteroatoms. The Balaban J connectivity index is 2.04. The second-order valence-electron chi connectivity index (χ2n) is 7.02. The Labute approximate surface area is 120 Å². The SMILES string of the molecule is CCCN(C1CC1)C1CC(C(C)C)CCC1NCC. The predicted molar refractivity (Wildman–Crippen MR) is 83.5 cm³/mol. The van der Waals surface area contributed by atoms with Crippen molar-refractivity contribution in [3.05, 3.63) is 0 Å². The Morgan fingerprint density at radius 3 is 2.37 bits per heavy atom. The molecule has 0 heterocycles. The van der Waals surface area contributed by atoms with Crippen LogP contribution in [-0.4, -0.2) is 36.1 Å². The summed E-state index contributed by atoms with van der Waals surface area (Å²) in [7, 11) is 0. The maximum absolute atomic E-state index is 3.77. The first-order chi connectivity index (χ1) is 9.17. The Bertz CT molecular complexity index is 260. The van der Waals surface area contributed by atoms with Gasteiger partial charge in [0.1, 0.15) is 0 Å². The van der Waals surface area contributed by atoms with E-state index in [1.165, 1.54) is 45.1 Å². The van der Waals surface area contributed by atoms with Gasteiger partial charge in [-0.25, -0.2) is 0 Å². The van der Waals surface area contributed by atoms with Crippen LogP contribution >= 0.6 is 0 Å². The van der Waals surface area contributed by atoms with Crippen molar-refractivity contribution >= 4 is 0 Å². The topological polar surface area (TPSA) is 15.3 Å². The summed E-state index contributed by atoms with van der Waals surface area (Å²) in [4.78, 5) is 2.86. The highest BCUT2D eigenvalue weighted by Crippen LogP contribution is 2.37. The van der Waals surface area contributed by atoms with Gasteiger partial charge >= 0.3 is 0 Å². The van der Waals surface area contributed by atoms with E-state index in [1.54, 1.807) is 0 Å². The number of rotatable bonds is 7. The van der Waals surface area contributed by atoms with E-state index in [4.69, 9.17) is 0 Å². The summed E-state index contributed by atoms with van der Waals surface area (Å²) < 4.78 is 0. The van der Waals surface area contributed by atoms with Gasteiger partial charge < -0.3 is 5.32 Å². The summed E-state index contributed by atoms with van der Waals surface area (Å²) in [6, 6.07) is 2.46. The maximum atomic E-state index is 3.77. The van der Waals surface area contributed by atoms with E-state index in [0.717, 1.165) is 36.5 Å². The lowest BCUT2D eigenvalue weighted by Gasteiger charge is -2.44. The van der Waals surface area contributed by atoms with Crippen LogP contribution in [0.25, 0.3) is 0 Å². The first-order valence-electron chi connectivity index (χ1n) is 8.66. The molecule has 0 aromatic carbocycles. The van der Waals surface area contributed by atoms with Crippen LogP contribution in [0.4, 0.5) is 0 Å². The zero-order valence-electron chi connectivity index (χ0n) is 13.5. The van der Waals surface area contributed by atoms with E-state index in [0.29, 0.717) is 0 Å². The Morgan fingerprint density at radius 1 is 1.11 bits per heavy atom. The minimum absolute atomic E-state index is 0.743. The molecule has 0 aromatic rings. The smallest absolute Gasteiger partial charge is 0.0255 e. The molecule has 2 aliphatic carbocycles. The average molecular weight is 266 g/mol. The van der Waals surface area contributed by atoms with Crippen molar-refractivity contribution in [1.82, 2.24) is 10.2 Å². The average Bonchev–Trinajstić information content (AvgIpc) is 3.21. The molecule has 19 heavy (non-hydrogen) atoms. The zero-order chi connectivity index (χ0) is 13.8. The lowest BCUT2D eigenvalue weighted by Crippen LogP contribution is -2.54. The third kappa shape index (κ3) is 3.95. The van der Waals surface area contributed by atoms with E-state index in [-0.39, 0.29) is 0 Å². The first kappa shape index (κ1) is 15.3. The van der Waals surface area contributed by atoms with Gasteiger partial charge in [-0.2, -0.15) is 0 Å². The standard InChI is InChI=1S/C17H34N2/c1-5-11-19(15-8-9-15)17-12-14(13(3)4)7-10-16(17)18-6-2/h13-18H,5-12H2,1-4H3. The Kier molecular flexibility index (Phi) is 5.70. The predicted octanol–water partition coefficient (Wildman–Crippen LogP) is 3.66. The molecule has 3 unspecified atom stereocenters. The quantitative estimate of drug-likeness (QED) is 0.756. The summed E-state index contributed by atoms with van der Waals surface area (Å²) in [5.41, 5.74) is 0. The van der Waals surface area contributed by atoms with Crippen LogP contribution in [-0.2, 0) is 0 Å². The van der Waals surface area contributed by atoms with Crippen molar-refractivity contribution in [2.75, 3.05) is 13.1 Å². The molecule has 0 bridgehead atoms. The molecule has 0 amide bonds. The highest BCUT2D eigenvalue weighted by atomic mass is 15.2. The molecule has 2 saturated carbocycles. The van der Waals surface area contributed by atoms with Crippen LogP contribution in [0, 0.1) is 11.8 Å². The third-order valence-corrected chi connectivity index (χ3v) is 5.19. The first-order valence-corrected chi connectivity index (χ1v) is 8.66. The van der Waals surface area contributed by atoms with Crippen LogP contribution in [0.5, 0.6) is 0 Å². The minimum Gasteiger partial charge on any atom is -0.313 e. The summed E-state index contributed by atoms with van der Waals surface area (Å²) in [6.45, 7) is 11.8. The van der Waals surface area contributed by atoms with Gasteiger partial charge in [0.05, 0.1) is 0 Å². The van der Waals surface area contributed by atoms with Gasteiger partial charge in [-0.05, 0) is 63.5 Å². The molecule has 0 radical (unpaired) electrons. The van der Waals surface area contributed by atoms with Gasteiger partial charge in [-0.15, -0.1) is 0 Å². The Morgan fingerprint density at radius 2 is 1.84 bits per heavy atom. The molecule has 112 valence electrons. The summed E-state index contributed by atoms with van der Waals surface area (Å²) in [5, 5.41) is 3.77. The number of likely N-dealkylation sites (N-methyl/N-ethyl adjacent to an activating group) is 1. The van der Waals surface area contributed by atoms with Crippen molar-refractivity contribution in [1.29, 1.82) is 0 Å². The molecule has 2 rings (SSSR count). The zero-order valence-corrected chi connectivity index (χ0v) is 13.5. The lowest BCUT2D eigenvalue weighted by atomic mass is 9.76. The number of nitrogens with one attached hydrogen (secondary N) is 1. The van der Waals surface area contributed by atoms with Crippen LogP contribution < -0.4 is 5.32 Å². The number of nitrogens with zero attached hydrogens (tertiary/aromatic N) is 1. The molecule has 1 N–H and O–H groups in total. The summed E-state index contributed by atoms with van der Waals surface area (Å²) in [5.74, 6) is 1.80. The fraction of sp³-hybridized carbons (Fsp3) is 1.00. The van der Waals surface area contributed by atoms with E-state index in [9.17, 15) is 0 Å². The molecule has 0 aromatic heterocycles. The summed E-state index contributed by atoms with van der Waals surface area (Å²) >= 11 is 0. The van der Waals surface area contributed by atoms with Gasteiger partial charge in [0.15, 0.2) is 0 Å². The van der Waals surface area contributed by atoms with E-state index in [1.807, 2.05) is 0 Å². The highest BCUT2D eigenvalue weighted by Gasteiger charge is 2.40. The second kappa shape index (κ2) is 7.08. The molecule has 2 nitrogen and oxygen atoms in total. The molecule has 3 atom stereocenters. The van der Waals surface area contributed by atoms with Crippen LogP contribution in [0.2, 0.25) is 0 Å². The third-order valence-electron chi connectivity index (χ3n) is 5.19. The normalized spacial score (nSPS) is 32.2. The molecule has 0 aliphatic heterocycles. The van der Waals surface area contributed by atoms with Crippen molar-refractivity contribution in [3.63, 3.8) is 0 Å². The lowest BCUT2D eigenvalue weighted by molar-refractivity contribution is 0.0771. The van der Waals surface area contributed by atoms with Crippen LogP contribution in [0.3, 0.4) is 0 Å². The van der Waals surface area contributed by atoms with Crippen LogP contribution in [0.15, 0.2) is 0 Å². The van der Waals surface area contributed by atoms with Gasteiger partial charge in [0.25, 0.3) is 0 Å². The van der Waals surface area contributed by atoms with Gasteiger partial charge in [-0.1, -0.05) is 27.7 Å². The largest absolute Gasteiger partial charge is 0.313 e. The number of hydrogen-bond donors (Lipinski definition) is 1. The van der Waals surface area contributed by atoms with Crippen molar-refractivity contribution in [2.45, 2.75) is 84.3 Å². The monoisotopic (exact) mass is 266 g/mol.